The van der Waals surface area contributed by atoms with Crippen LogP contribution in [0.25, 0.3) is 0 Å². The number of aryl methyl sites for hydroxylation is 1. The second-order valence-electron chi connectivity index (χ2n) is 4.99. The van der Waals surface area contributed by atoms with Gasteiger partial charge in [0.15, 0.2) is 0 Å². The minimum Gasteiger partial charge on any atom is -0.506 e. The van der Waals surface area contributed by atoms with Gasteiger partial charge in [0.1, 0.15) is 11.9 Å². The van der Waals surface area contributed by atoms with Gasteiger partial charge in [0.25, 0.3) is 0 Å². The molecule has 1 atom stereocenters. The largest absolute Gasteiger partial charge is 0.506 e. The summed E-state index contributed by atoms with van der Waals surface area (Å²) >= 11 is 0. The van der Waals surface area contributed by atoms with E-state index in [0.717, 1.165) is 0 Å². The van der Waals surface area contributed by atoms with Crippen LogP contribution in [-0.4, -0.2) is 27.3 Å². The van der Waals surface area contributed by atoms with Crippen molar-refractivity contribution in [3.8, 4) is 5.75 Å². The molecule has 3 N–H and O–H groups in total. The second-order valence-corrected chi connectivity index (χ2v) is 4.99. The fourth-order valence-corrected chi connectivity index (χ4v) is 1.27. The average molecular weight is 297 g/mol. The van der Waals surface area contributed by atoms with Crippen LogP contribution >= 0.6 is 24.8 Å². The molecule has 1 aromatic heterocycles. The molecule has 0 spiro atoms. The van der Waals surface area contributed by atoms with Gasteiger partial charge in [-0.3, -0.25) is 4.98 Å². The summed E-state index contributed by atoms with van der Waals surface area (Å²) in [6, 6.07) is 3.19. The summed E-state index contributed by atoms with van der Waals surface area (Å²) in [5.74, 6) is 0.153. The van der Waals surface area contributed by atoms with E-state index in [-0.39, 0.29) is 36.1 Å². The molecule has 0 aliphatic heterocycles. The van der Waals surface area contributed by atoms with Gasteiger partial charge in [-0.25, -0.2) is 0 Å². The molecule has 106 valence electrons. The van der Waals surface area contributed by atoms with Gasteiger partial charge in [-0.05, 0) is 39.8 Å². The number of halogens is 2. The Kier molecular flexibility index (Phi) is 8.56. The predicted molar refractivity (Wildman–Crippen MR) is 77.9 cm³/mol. The van der Waals surface area contributed by atoms with E-state index >= 15 is 0 Å². The molecule has 6 heteroatoms. The van der Waals surface area contributed by atoms with Crippen LogP contribution in [0.3, 0.4) is 0 Å². The first-order chi connectivity index (χ1) is 7.29. The molecule has 0 bridgehead atoms. The topological polar surface area (TPSA) is 65.4 Å². The van der Waals surface area contributed by atoms with Crippen LogP contribution in [0.4, 0.5) is 0 Å². The fourth-order valence-electron chi connectivity index (χ4n) is 1.27. The Balaban J connectivity index is 0. The lowest BCUT2D eigenvalue weighted by molar-refractivity contribution is 0.158. The highest BCUT2D eigenvalue weighted by Crippen LogP contribution is 2.17. The highest BCUT2D eigenvalue weighted by Gasteiger charge is 2.15. The lowest BCUT2D eigenvalue weighted by Gasteiger charge is -2.22. The molecular formula is C12H22Cl2N2O2. The molecule has 1 heterocycles. The smallest absolute Gasteiger partial charge is 0.136 e. The molecule has 0 fully saturated rings. The van der Waals surface area contributed by atoms with Crippen LogP contribution < -0.4 is 5.32 Å². The number of hydrogen-bond donors (Lipinski definition) is 3. The van der Waals surface area contributed by atoms with Crippen LogP contribution in [0, 0.1) is 6.92 Å². The number of nitrogens with zero attached hydrogens (tertiary/aromatic N) is 1. The van der Waals surface area contributed by atoms with Crippen LogP contribution in [0.15, 0.2) is 12.1 Å². The quantitative estimate of drug-likeness (QED) is 0.801. The van der Waals surface area contributed by atoms with Gasteiger partial charge in [-0.1, -0.05) is 0 Å². The Morgan fingerprint density at radius 3 is 2.28 bits per heavy atom. The molecule has 18 heavy (non-hydrogen) atoms. The molecule has 0 saturated carbocycles. The van der Waals surface area contributed by atoms with Gasteiger partial charge in [-0.2, -0.15) is 0 Å². The third-order valence-electron chi connectivity index (χ3n) is 2.25. The molecule has 0 radical (unpaired) electrons. The first kappa shape index (κ1) is 19.8. The van der Waals surface area contributed by atoms with Crippen molar-refractivity contribution in [1.29, 1.82) is 0 Å². The summed E-state index contributed by atoms with van der Waals surface area (Å²) in [5, 5.41) is 22.4. The zero-order valence-electron chi connectivity index (χ0n) is 11.1. The Morgan fingerprint density at radius 1 is 1.28 bits per heavy atom. The first-order valence-electron chi connectivity index (χ1n) is 5.39. The molecule has 0 amide bonds. The number of aromatic hydroxyl groups is 1. The Labute approximate surface area is 121 Å². The average Bonchev–Trinajstić information content (AvgIpc) is 2.17. The lowest BCUT2D eigenvalue weighted by atomic mass is 10.1. The SMILES string of the molecule is Cc1nc(C(O)CNC(C)(C)C)ccc1O.Cl.Cl. The number of hydrogen-bond acceptors (Lipinski definition) is 4. The van der Waals surface area contributed by atoms with Gasteiger partial charge < -0.3 is 15.5 Å². The number of aliphatic hydroxyl groups is 1. The van der Waals surface area contributed by atoms with Gasteiger partial charge in [0.2, 0.25) is 0 Å². The number of β-amino-alcohol motifs (C(OH)–C–C–N with tert-alkyl or cyclic N) is 1. The highest BCUT2D eigenvalue weighted by atomic mass is 35.5. The Morgan fingerprint density at radius 2 is 1.83 bits per heavy atom. The highest BCUT2D eigenvalue weighted by molar-refractivity contribution is 5.85. The van der Waals surface area contributed by atoms with E-state index in [2.05, 4.69) is 10.3 Å². The first-order valence-corrected chi connectivity index (χ1v) is 5.39. The lowest BCUT2D eigenvalue weighted by Crippen LogP contribution is -2.38. The van der Waals surface area contributed by atoms with E-state index in [9.17, 15) is 10.2 Å². The zero-order chi connectivity index (χ0) is 12.3. The Bertz CT molecular complexity index is 368. The minimum absolute atomic E-state index is 0. The summed E-state index contributed by atoms with van der Waals surface area (Å²) in [6.07, 6.45) is -0.654. The fraction of sp³-hybridized carbons (Fsp3) is 0.583. The number of rotatable bonds is 3. The molecular weight excluding hydrogens is 275 g/mol. The van der Waals surface area contributed by atoms with Gasteiger partial charge in [0, 0.05) is 12.1 Å². The van der Waals surface area contributed by atoms with E-state index in [1.54, 1.807) is 19.1 Å². The summed E-state index contributed by atoms with van der Waals surface area (Å²) in [6.45, 7) is 8.27. The van der Waals surface area contributed by atoms with E-state index in [4.69, 9.17) is 0 Å². The second kappa shape index (κ2) is 7.79. The van der Waals surface area contributed by atoms with Crippen molar-refractivity contribution in [2.24, 2.45) is 0 Å². The van der Waals surface area contributed by atoms with Crippen molar-refractivity contribution >= 4 is 24.8 Å². The predicted octanol–water partition coefficient (Wildman–Crippen LogP) is 2.36. The van der Waals surface area contributed by atoms with Crippen LogP contribution in [0.1, 0.15) is 38.3 Å². The van der Waals surface area contributed by atoms with Gasteiger partial charge >= 0.3 is 0 Å². The molecule has 4 nitrogen and oxygen atoms in total. The van der Waals surface area contributed by atoms with Crippen molar-refractivity contribution in [3.63, 3.8) is 0 Å². The molecule has 1 rings (SSSR count). The van der Waals surface area contributed by atoms with Gasteiger partial charge in [-0.15, -0.1) is 24.8 Å². The molecule has 0 aliphatic rings. The maximum atomic E-state index is 9.89. The molecule has 0 aliphatic carbocycles. The number of aliphatic hydroxyl groups excluding tert-OH is 1. The van der Waals surface area contributed by atoms with E-state index in [0.29, 0.717) is 17.9 Å². The maximum Gasteiger partial charge on any atom is 0.136 e. The third kappa shape index (κ3) is 6.40. The van der Waals surface area contributed by atoms with Crippen molar-refractivity contribution in [2.45, 2.75) is 39.3 Å². The number of nitrogens with one attached hydrogen (secondary N) is 1. The molecule has 0 aromatic carbocycles. The summed E-state index contributed by atoms with van der Waals surface area (Å²) in [7, 11) is 0. The summed E-state index contributed by atoms with van der Waals surface area (Å²) in [4.78, 5) is 4.13. The normalized spacial score (nSPS) is 12.3. The van der Waals surface area contributed by atoms with Crippen molar-refractivity contribution < 1.29 is 10.2 Å². The molecule has 1 unspecified atom stereocenters. The number of aromatic nitrogens is 1. The summed E-state index contributed by atoms with van der Waals surface area (Å²) in [5.41, 5.74) is 1.08. The molecule has 0 saturated heterocycles. The Hall–Kier alpha value is -0.550. The van der Waals surface area contributed by atoms with Gasteiger partial charge in [0.05, 0.1) is 11.4 Å². The van der Waals surface area contributed by atoms with Crippen molar-refractivity contribution in [1.82, 2.24) is 10.3 Å². The van der Waals surface area contributed by atoms with E-state index in [1.807, 2.05) is 20.8 Å². The maximum absolute atomic E-state index is 9.89. The summed E-state index contributed by atoms with van der Waals surface area (Å²) < 4.78 is 0. The minimum atomic E-state index is -0.654. The van der Waals surface area contributed by atoms with Crippen molar-refractivity contribution in [2.75, 3.05) is 6.54 Å². The van der Waals surface area contributed by atoms with Crippen LogP contribution in [0.5, 0.6) is 5.75 Å². The van der Waals surface area contributed by atoms with Crippen LogP contribution in [-0.2, 0) is 0 Å². The molecule has 1 aromatic rings. The zero-order valence-corrected chi connectivity index (χ0v) is 12.7. The standard InChI is InChI=1S/C12H20N2O2.2ClH/c1-8-10(15)6-5-9(14-8)11(16)7-13-12(2,3)4;;/h5-6,11,13,15-16H,7H2,1-4H3;2*1H. The van der Waals surface area contributed by atoms with E-state index in [1.165, 1.54) is 0 Å². The van der Waals surface area contributed by atoms with E-state index < -0.39 is 6.10 Å². The van der Waals surface area contributed by atoms with Crippen LogP contribution in [0.2, 0.25) is 0 Å². The number of pyridine rings is 1. The third-order valence-corrected chi connectivity index (χ3v) is 2.25. The van der Waals surface area contributed by atoms with Crippen molar-refractivity contribution in [3.05, 3.63) is 23.5 Å². The monoisotopic (exact) mass is 296 g/mol.